The highest BCUT2D eigenvalue weighted by molar-refractivity contribution is 5.93. The van der Waals surface area contributed by atoms with Crippen LogP contribution in [-0.2, 0) is 4.79 Å². The first-order chi connectivity index (χ1) is 8.18. The Labute approximate surface area is 99.0 Å². The van der Waals surface area contributed by atoms with Crippen molar-refractivity contribution in [3.63, 3.8) is 0 Å². The second-order valence-corrected chi connectivity index (χ2v) is 4.18. The maximum absolute atomic E-state index is 11.7. The fourth-order valence-corrected chi connectivity index (χ4v) is 2.18. The van der Waals surface area contributed by atoms with Gasteiger partial charge in [0.2, 0.25) is 0 Å². The molecule has 1 fully saturated rings. The number of furan rings is 1. The van der Waals surface area contributed by atoms with Gasteiger partial charge in [-0.2, -0.15) is 0 Å². The average Bonchev–Trinajstić information content (AvgIpc) is 2.96. The number of rotatable bonds is 5. The quantitative estimate of drug-likeness (QED) is 0.784. The second kappa shape index (κ2) is 5.14. The molecule has 1 atom stereocenters. The molecule has 1 N–H and O–H groups in total. The number of ketones is 1. The molecule has 0 spiro atoms. The minimum absolute atomic E-state index is 0.0777. The van der Waals surface area contributed by atoms with Crippen LogP contribution >= 0.6 is 0 Å². The Kier molecular flexibility index (Phi) is 3.58. The van der Waals surface area contributed by atoms with E-state index in [4.69, 9.17) is 9.52 Å². The van der Waals surface area contributed by atoms with E-state index in [0.717, 1.165) is 13.0 Å². The zero-order chi connectivity index (χ0) is 12.3. The Balaban J connectivity index is 1.86. The lowest BCUT2D eigenvalue weighted by atomic mass is 10.2. The molecule has 2 rings (SSSR count). The molecule has 17 heavy (non-hydrogen) atoms. The van der Waals surface area contributed by atoms with Crippen LogP contribution in [0.5, 0.6) is 0 Å². The first-order valence-corrected chi connectivity index (χ1v) is 5.72. The van der Waals surface area contributed by atoms with Crippen molar-refractivity contribution in [2.45, 2.75) is 25.3 Å². The van der Waals surface area contributed by atoms with Crippen molar-refractivity contribution in [2.24, 2.45) is 0 Å². The number of nitrogens with zero attached hydrogens (tertiary/aromatic N) is 1. The lowest BCUT2D eigenvalue weighted by molar-refractivity contribution is -0.142. The summed E-state index contributed by atoms with van der Waals surface area (Å²) in [6.45, 7) is 1.24. The molecule has 0 radical (unpaired) electrons. The van der Waals surface area contributed by atoms with Gasteiger partial charge in [0.25, 0.3) is 0 Å². The van der Waals surface area contributed by atoms with Gasteiger partial charge in [-0.15, -0.1) is 0 Å². The van der Waals surface area contributed by atoms with Gasteiger partial charge in [-0.25, -0.2) is 0 Å². The Morgan fingerprint density at radius 1 is 1.53 bits per heavy atom. The molecular formula is C12H15NO4. The van der Waals surface area contributed by atoms with Crippen LogP contribution in [0.4, 0.5) is 0 Å². The van der Waals surface area contributed by atoms with Crippen LogP contribution in [-0.4, -0.2) is 40.9 Å². The highest BCUT2D eigenvalue weighted by atomic mass is 16.4. The van der Waals surface area contributed by atoms with Gasteiger partial charge in [-0.1, -0.05) is 0 Å². The number of carbonyl (C=O) groups is 2. The molecule has 2 heterocycles. The number of carboxylic acid groups (broad SMARTS) is 1. The van der Waals surface area contributed by atoms with Crippen molar-refractivity contribution in [3.8, 4) is 0 Å². The molecule has 1 aliphatic heterocycles. The second-order valence-electron chi connectivity index (χ2n) is 4.18. The van der Waals surface area contributed by atoms with E-state index in [2.05, 4.69) is 0 Å². The van der Waals surface area contributed by atoms with E-state index in [1.54, 1.807) is 12.1 Å². The zero-order valence-corrected chi connectivity index (χ0v) is 9.46. The number of hydrogen-bond donors (Lipinski definition) is 1. The summed E-state index contributed by atoms with van der Waals surface area (Å²) in [5.41, 5.74) is 0. The number of hydrogen-bond acceptors (Lipinski definition) is 4. The molecule has 0 saturated carbocycles. The van der Waals surface area contributed by atoms with Crippen LogP contribution in [0.2, 0.25) is 0 Å². The summed E-state index contributed by atoms with van der Waals surface area (Å²) in [6, 6.07) is 2.86. The van der Waals surface area contributed by atoms with Crippen LogP contribution in [0.1, 0.15) is 29.8 Å². The Hall–Kier alpha value is -1.62. The van der Waals surface area contributed by atoms with Crippen LogP contribution in [0.25, 0.3) is 0 Å². The van der Waals surface area contributed by atoms with E-state index in [-0.39, 0.29) is 5.78 Å². The predicted molar refractivity (Wildman–Crippen MR) is 59.9 cm³/mol. The molecule has 1 aliphatic rings. The molecule has 5 heteroatoms. The van der Waals surface area contributed by atoms with Crippen molar-refractivity contribution < 1.29 is 19.1 Å². The molecule has 5 nitrogen and oxygen atoms in total. The molecule has 1 saturated heterocycles. The number of carbonyl (C=O) groups excluding carboxylic acids is 1. The number of likely N-dealkylation sites (tertiary alicyclic amines) is 1. The van der Waals surface area contributed by atoms with Crippen LogP contribution in [0.15, 0.2) is 22.8 Å². The number of carboxylic acids is 1. The molecule has 0 aliphatic carbocycles. The predicted octanol–water partition coefficient (Wildman–Crippen LogP) is 1.40. The topological polar surface area (TPSA) is 70.8 Å². The van der Waals surface area contributed by atoms with Crippen molar-refractivity contribution in [3.05, 3.63) is 24.2 Å². The molecule has 1 aromatic rings. The maximum atomic E-state index is 11.7. The molecule has 0 bridgehead atoms. The minimum atomic E-state index is -0.798. The molecular weight excluding hydrogens is 222 g/mol. The Morgan fingerprint density at radius 2 is 2.35 bits per heavy atom. The van der Waals surface area contributed by atoms with Gasteiger partial charge in [-0.05, 0) is 31.5 Å². The van der Waals surface area contributed by atoms with Gasteiger partial charge >= 0.3 is 5.97 Å². The van der Waals surface area contributed by atoms with Gasteiger partial charge in [0.05, 0.1) is 6.26 Å². The van der Waals surface area contributed by atoms with Gasteiger partial charge in [-0.3, -0.25) is 14.5 Å². The number of aliphatic carboxylic acids is 1. The van der Waals surface area contributed by atoms with E-state index in [1.807, 2.05) is 4.90 Å². The number of Topliss-reactive ketones (excluding diaryl/α,β-unsaturated/α-hetero) is 1. The Morgan fingerprint density at radius 3 is 3.00 bits per heavy atom. The van der Waals surface area contributed by atoms with Crippen LogP contribution in [0.3, 0.4) is 0 Å². The summed E-state index contributed by atoms with van der Waals surface area (Å²) in [6.07, 6.45) is 3.32. The van der Waals surface area contributed by atoms with Crippen molar-refractivity contribution in [1.29, 1.82) is 0 Å². The first kappa shape index (κ1) is 11.9. The lowest BCUT2D eigenvalue weighted by Gasteiger charge is -2.19. The van der Waals surface area contributed by atoms with Gasteiger partial charge in [0, 0.05) is 13.0 Å². The van der Waals surface area contributed by atoms with E-state index in [1.165, 1.54) is 6.26 Å². The third-order valence-corrected chi connectivity index (χ3v) is 3.07. The summed E-state index contributed by atoms with van der Waals surface area (Å²) in [7, 11) is 0. The third-order valence-electron chi connectivity index (χ3n) is 3.07. The van der Waals surface area contributed by atoms with Gasteiger partial charge in [0.15, 0.2) is 11.5 Å². The molecule has 0 aromatic carbocycles. The smallest absolute Gasteiger partial charge is 0.320 e. The summed E-state index contributed by atoms with van der Waals surface area (Å²) < 4.78 is 5.00. The maximum Gasteiger partial charge on any atom is 0.320 e. The van der Waals surface area contributed by atoms with Crippen LogP contribution < -0.4 is 0 Å². The largest absolute Gasteiger partial charge is 0.480 e. The Bertz CT molecular complexity index is 399. The van der Waals surface area contributed by atoms with Crippen molar-refractivity contribution in [1.82, 2.24) is 4.90 Å². The van der Waals surface area contributed by atoms with Crippen molar-refractivity contribution >= 4 is 11.8 Å². The van der Waals surface area contributed by atoms with Gasteiger partial charge < -0.3 is 9.52 Å². The molecule has 1 unspecified atom stereocenters. The normalized spacial score (nSPS) is 20.6. The zero-order valence-electron chi connectivity index (χ0n) is 9.46. The SMILES string of the molecule is O=C(CCN1CCCC1C(=O)O)c1ccco1. The van der Waals surface area contributed by atoms with Gasteiger partial charge in [0.1, 0.15) is 6.04 Å². The van der Waals surface area contributed by atoms with E-state index in [0.29, 0.717) is 25.1 Å². The van der Waals surface area contributed by atoms with Crippen LogP contribution in [0, 0.1) is 0 Å². The monoisotopic (exact) mass is 237 g/mol. The summed E-state index contributed by atoms with van der Waals surface area (Å²) in [5.74, 6) is -0.532. The molecule has 1 aromatic heterocycles. The van der Waals surface area contributed by atoms with E-state index >= 15 is 0 Å². The van der Waals surface area contributed by atoms with E-state index in [9.17, 15) is 9.59 Å². The summed E-state index contributed by atoms with van der Waals surface area (Å²) in [5, 5.41) is 8.99. The summed E-state index contributed by atoms with van der Waals surface area (Å²) >= 11 is 0. The molecule has 0 amide bonds. The minimum Gasteiger partial charge on any atom is -0.480 e. The van der Waals surface area contributed by atoms with E-state index < -0.39 is 12.0 Å². The van der Waals surface area contributed by atoms with Crippen molar-refractivity contribution in [2.75, 3.05) is 13.1 Å². The fourth-order valence-electron chi connectivity index (χ4n) is 2.18. The first-order valence-electron chi connectivity index (χ1n) is 5.72. The average molecular weight is 237 g/mol. The summed E-state index contributed by atoms with van der Waals surface area (Å²) in [4.78, 5) is 24.5. The standard InChI is InChI=1S/C12H15NO4/c14-10(11-4-2-8-17-11)5-7-13-6-1-3-9(13)12(15)16/h2,4,8-9H,1,3,5-7H2,(H,15,16). The fraction of sp³-hybridized carbons (Fsp3) is 0.500. The highest BCUT2D eigenvalue weighted by Crippen LogP contribution is 2.18. The lowest BCUT2D eigenvalue weighted by Crippen LogP contribution is -2.37. The highest BCUT2D eigenvalue weighted by Gasteiger charge is 2.30. The third kappa shape index (κ3) is 2.74. The molecule has 92 valence electrons.